The smallest absolute Gasteiger partial charge is 0.239 e. The van der Waals surface area contributed by atoms with Crippen molar-refractivity contribution in [1.29, 1.82) is 0 Å². The van der Waals surface area contributed by atoms with Crippen LogP contribution in [0.3, 0.4) is 0 Å². The fourth-order valence-electron chi connectivity index (χ4n) is 3.05. The van der Waals surface area contributed by atoms with Crippen LogP contribution in [-0.4, -0.2) is 37.0 Å². The van der Waals surface area contributed by atoms with E-state index in [0.717, 1.165) is 10.9 Å². The molecule has 0 aromatic carbocycles. The standard InChI is InChI=1S/C19H18ClN7O2/c1-10-3-13(26-29-10)9-27(11(2)18(21)28)17-8-22-7-16(25-17)15-6-24-19-14(15)4-12(20)5-23-19/h3-8,11H,9H2,1-2H3,(H2,21,28)(H,23,24)/t11-/m1/s1. The van der Waals surface area contributed by atoms with E-state index in [2.05, 4.69) is 20.1 Å². The molecular weight excluding hydrogens is 394 g/mol. The van der Waals surface area contributed by atoms with E-state index < -0.39 is 11.9 Å². The molecule has 0 aliphatic carbocycles. The number of nitrogens with zero attached hydrogens (tertiary/aromatic N) is 5. The summed E-state index contributed by atoms with van der Waals surface area (Å²) in [7, 11) is 0. The van der Waals surface area contributed by atoms with Gasteiger partial charge in [-0.3, -0.25) is 9.78 Å². The van der Waals surface area contributed by atoms with Crippen molar-refractivity contribution in [3.63, 3.8) is 0 Å². The highest BCUT2D eigenvalue weighted by Gasteiger charge is 2.23. The molecule has 0 bridgehead atoms. The molecule has 0 saturated carbocycles. The average molecular weight is 412 g/mol. The molecule has 4 aromatic heterocycles. The largest absolute Gasteiger partial charge is 0.368 e. The molecule has 4 heterocycles. The zero-order valence-electron chi connectivity index (χ0n) is 15.8. The minimum Gasteiger partial charge on any atom is -0.368 e. The number of nitrogens with one attached hydrogen (secondary N) is 1. The third-order valence-electron chi connectivity index (χ3n) is 4.58. The molecule has 0 fully saturated rings. The number of primary amides is 1. The molecule has 1 amide bonds. The van der Waals surface area contributed by atoms with Crippen molar-refractivity contribution in [3.05, 3.63) is 53.4 Å². The first-order valence-corrected chi connectivity index (χ1v) is 9.23. The number of fused-ring (bicyclic) bond motifs is 1. The first-order valence-electron chi connectivity index (χ1n) is 8.85. The van der Waals surface area contributed by atoms with Crippen LogP contribution in [0.5, 0.6) is 0 Å². The Morgan fingerprint density at radius 3 is 2.90 bits per heavy atom. The number of pyridine rings is 1. The van der Waals surface area contributed by atoms with Crippen LogP contribution in [0.2, 0.25) is 5.02 Å². The highest BCUT2D eigenvalue weighted by atomic mass is 35.5. The minimum absolute atomic E-state index is 0.293. The van der Waals surface area contributed by atoms with Gasteiger partial charge in [0.05, 0.1) is 29.7 Å². The lowest BCUT2D eigenvalue weighted by Gasteiger charge is -2.27. The van der Waals surface area contributed by atoms with Gasteiger partial charge >= 0.3 is 0 Å². The van der Waals surface area contributed by atoms with Gasteiger partial charge in [-0.05, 0) is 19.9 Å². The summed E-state index contributed by atoms with van der Waals surface area (Å²) in [5.74, 6) is 0.675. The quantitative estimate of drug-likeness (QED) is 0.499. The van der Waals surface area contributed by atoms with Crippen LogP contribution in [-0.2, 0) is 11.3 Å². The third-order valence-corrected chi connectivity index (χ3v) is 4.78. The molecule has 29 heavy (non-hydrogen) atoms. The lowest BCUT2D eigenvalue weighted by molar-refractivity contribution is -0.119. The zero-order chi connectivity index (χ0) is 20.5. The van der Waals surface area contributed by atoms with Gasteiger partial charge in [0.25, 0.3) is 0 Å². The summed E-state index contributed by atoms with van der Waals surface area (Å²) in [6, 6.07) is 2.98. The maximum Gasteiger partial charge on any atom is 0.239 e. The predicted molar refractivity (Wildman–Crippen MR) is 108 cm³/mol. The molecule has 0 saturated heterocycles. The van der Waals surface area contributed by atoms with Crippen molar-refractivity contribution in [2.75, 3.05) is 4.90 Å². The van der Waals surface area contributed by atoms with E-state index in [-0.39, 0.29) is 0 Å². The van der Waals surface area contributed by atoms with Crippen LogP contribution in [0.1, 0.15) is 18.4 Å². The van der Waals surface area contributed by atoms with E-state index >= 15 is 0 Å². The summed E-state index contributed by atoms with van der Waals surface area (Å²) >= 11 is 6.10. The second kappa shape index (κ2) is 7.51. The van der Waals surface area contributed by atoms with Crippen molar-refractivity contribution in [3.8, 4) is 11.3 Å². The van der Waals surface area contributed by atoms with E-state index in [1.165, 1.54) is 0 Å². The zero-order valence-corrected chi connectivity index (χ0v) is 16.5. The van der Waals surface area contributed by atoms with Gasteiger partial charge in [-0.25, -0.2) is 9.97 Å². The van der Waals surface area contributed by atoms with Crippen molar-refractivity contribution in [1.82, 2.24) is 25.1 Å². The maximum absolute atomic E-state index is 11.9. The van der Waals surface area contributed by atoms with Gasteiger partial charge in [0, 0.05) is 29.4 Å². The average Bonchev–Trinajstić information content (AvgIpc) is 3.31. The van der Waals surface area contributed by atoms with Gasteiger partial charge < -0.3 is 20.1 Å². The van der Waals surface area contributed by atoms with Crippen molar-refractivity contribution in [2.45, 2.75) is 26.4 Å². The van der Waals surface area contributed by atoms with Crippen LogP contribution in [0.15, 0.2) is 41.4 Å². The Kier molecular flexibility index (Phi) is 4.89. The number of hydrogen-bond acceptors (Lipinski definition) is 7. The Balaban J connectivity index is 1.75. The van der Waals surface area contributed by atoms with E-state index in [1.54, 1.807) is 49.6 Å². The minimum atomic E-state index is -0.629. The van der Waals surface area contributed by atoms with Gasteiger partial charge in [0.15, 0.2) is 0 Å². The molecule has 0 aliphatic heterocycles. The van der Waals surface area contributed by atoms with Gasteiger partial charge in [-0.2, -0.15) is 0 Å². The normalized spacial score (nSPS) is 12.2. The van der Waals surface area contributed by atoms with Crippen LogP contribution < -0.4 is 10.6 Å². The Morgan fingerprint density at radius 1 is 1.34 bits per heavy atom. The van der Waals surface area contributed by atoms with Gasteiger partial charge in [0.1, 0.15) is 29.0 Å². The number of anilines is 1. The summed E-state index contributed by atoms with van der Waals surface area (Å²) in [6.45, 7) is 3.80. The van der Waals surface area contributed by atoms with Gasteiger partial charge in [-0.1, -0.05) is 16.8 Å². The molecular formula is C19H18ClN7O2. The first-order chi connectivity index (χ1) is 13.9. The SMILES string of the molecule is Cc1cc(CN(c2cncc(-c3c[nH]c4ncc(Cl)cc34)n2)[C@H](C)C(N)=O)no1. The summed E-state index contributed by atoms with van der Waals surface area (Å²) < 4.78 is 5.13. The third kappa shape index (κ3) is 3.77. The van der Waals surface area contributed by atoms with Crippen LogP contribution in [0.4, 0.5) is 5.82 Å². The molecule has 0 spiro atoms. The highest BCUT2D eigenvalue weighted by molar-refractivity contribution is 6.31. The number of amides is 1. The van der Waals surface area contributed by atoms with E-state index in [1.807, 2.05) is 6.07 Å². The molecule has 10 heteroatoms. The van der Waals surface area contributed by atoms with Gasteiger partial charge in [-0.15, -0.1) is 0 Å². The summed E-state index contributed by atoms with van der Waals surface area (Å²) in [6.07, 6.45) is 6.59. The molecule has 4 aromatic rings. The fraction of sp³-hybridized carbons (Fsp3) is 0.211. The number of nitrogens with two attached hydrogens (primary N) is 1. The van der Waals surface area contributed by atoms with E-state index in [4.69, 9.17) is 26.8 Å². The summed E-state index contributed by atoms with van der Waals surface area (Å²) in [5.41, 5.74) is 8.31. The predicted octanol–water partition coefficient (Wildman–Crippen LogP) is 2.85. The number of rotatable bonds is 6. The lowest BCUT2D eigenvalue weighted by Crippen LogP contribution is -2.43. The summed E-state index contributed by atoms with van der Waals surface area (Å²) in [5, 5.41) is 5.35. The number of aromatic amines is 1. The highest BCUT2D eigenvalue weighted by Crippen LogP contribution is 2.29. The van der Waals surface area contributed by atoms with Crippen molar-refractivity contribution < 1.29 is 9.32 Å². The Hall–Kier alpha value is -3.46. The lowest BCUT2D eigenvalue weighted by atomic mass is 10.1. The van der Waals surface area contributed by atoms with E-state index in [9.17, 15) is 4.79 Å². The number of hydrogen-bond donors (Lipinski definition) is 2. The van der Waals surface area contributed by atoms with Crippen LogP contribution in [0, 0.1) is 6.92 Å². The second-order valence-electron chi connectivity index (χ2n) is 6.65. The maximum atomic E-state index is 11.9. The molecule has 9 nitrogen and oxygen atoms in total. The van der Waals surface area contributed by atoms with Crippen LogP contribution in [0.25, 0.3) is 22.3 Å². The molecule has 0 unspecified atom stereocenters. The Morgan fingerprint density at radius 2 is 2.17 bits per heavy atom. The van der Waals surface area contributed by atoms with E-state index in [0.29, 0.717) is 40.2 Å². The van der Waals surface area contributed by atoms with Crippen LogP contribution >= 0.6 is 11.6 Å². The topological polar surface area (TPSA) is 127 Å². The van der Waals surface area contributed by atoms with Crippen molar-refractivity contribution in [2.24, 2.45) is 5.73 Å². The molecule has 3 N–H and O–H groups in total. The number of carbonyl (C=O) groups is 1. The van der Waals surface area contributed by atoms with Crippen molar-refractivity contribution >= 4 is 34.4 Å². The molecule has 0 aliphatic rings. The monoisotopic (exact) mass is 411 g/mol. The fourth-order valence-corrected chi connectivity index (χ4v) is 3.21. The number of carbonyl (C=O) groups excluding carboxylic acids is 1. The molecule has 148 valence electrons. The molecule has 4 rings (SSSR count). The molecule has 0 radical (unpaired) electrons. The number of aryl methyl sites for hydroxylation is 1. The first kappa shape index (κ1) is 18.9. The number of halogens is 1. The number of aromatic nitrogens is 5. The Bertz CT molecular complexity index is 1190. The molecule has 1 atom stereocenters. The van der Waals surface area contributed by atoms with Gasteiger partial charge in [0.2, 0.25) is 5.91 Å². The Labute approximate surface area is 170 Å². The second-order valence-corrected chi connectivity index (χ2v) is 7.09. The summed E-state index contributed by atoms with van der Waals surface area (Å²) in [4.78, 5) is 30.0. The number of H-pyrrole nitrogens is 1.